The molecule has 1 aliphatic rings. The number of aromatic nitrogens is 4. The van der Waals surface area contributed by atoms with Gasteiger partial charge in [-0.2, -0.15) is 4.80 Å². The lowest BCUT2D eigenvalue weighted by atomic mass is 9.79. The van der Waals surface area contributed by atoms with Gasteiger partial charge in [-0.05, 0) is 24.5 Å². The molecule has 2 heterocycles. The summed E-state index contributed by atoms with van der Waals surface area (Å²) in [5, 5.41) is 21.4. The molecular weight excluding hydrogens is 224 g/mol. The van der Waals surface area contributed by atoms with E-state index in [0.717, 1.165) is 6.42 Å². The smallest absolute Gasteiger partial charge is 0.317 e. The number of aryl methyl sites for hydroxylation is 1. The monoisotopic (exact) mass is 240 g/mol. The minimum Gasteiger partial charge on any atom is -0.480 e. The maximum atomic E-state index is 11.5. The molecule has 17 heavy (non-hydrogen) atoms. The Hall–Kier alpha value is -1.50. The Balaban J connectivity index is 2.28. The Labute approximate surface area is 98.8 Å². The van der Waals surface area contributed by atoms with E-state index in [1.54, 1.807) is 0 Å². The average Bonchev–Trinajstić information content (AvgIpc) is 2.79. The number of hydrogen-bond acceptors (Lipinski definition) is 5. The Morgan fingerprint density at radius 1 is 1.53 bits per heavy atom. The third-order valence-electron chi connectivity index (χ3n) is 3.06. The van der Waals surface area contributed by atoms with Crippen LogP contribution in [-0.4, -0.2) is 44.5 Å². The molecule has 2 rings (SSSR count). The van der Waals surface area contributed by atoms with Crippen LogP contribution in [0.25, 0.3) is 0 Å². The molecule has 0 saturated carbocycles. The maximum Gasteiger partial charge on any atom is 0.317 e. The van der Waals surface area contributed by atoms with E-state index in [-0.39, 0.29) is 0 Å². The molecule has 0 atom stereocenters. The predicted octanol–water partition coefficient (Wildman–Crippen LogP) is 0.216. The number of carbonyl (C=O) groups is 1. The van der Waals surface area contributed by atoms with Crippen molar-refractivity contribution in [1.82, 2.24) is 20.2 Å². The number of aliphatic carboxylic acids is 1. The maximum absolute atomic E-state index is 11.5. The molecule has 0 amide bonds. The molecule has 0 radical (unpaired) electrons. The molecule has 7 nitrogen and oxygen atoms in total. The molecule has 7 heteroatoms. The lowest BCUT2D eigenvalue weighted by molar-refractivity contribution is -0.148. The number of carboxylic acid groups (broad SMARTS) is 1. The molecule has 94 valence electrons. The lowest BCUT2D eigenvalue weighted by Gasteiger charge is -2.29. The van der Waals surface area contributed by atoms with Gasteiger partial charge in [0.05, 0.1) is 6.54 Å². The van der Waals surface area contributed by atoms with Crippen LogP contribution in [0.3, 0.4) is 0 Å². The topological polar surface area (TPSA) is 90.1 Å². The zero-order valence-corrected chi connectivity index (χ0v) is 9.80. The van der Waals surface area contributed by atoms with Gasteiger partial charge in [0.1, 0.15) is 5.41 Å². The van der Waals surface area contributed by atoms with Gasteiger partial charge < -0.3 is 9.84 Å². The van der Waals surface area contributed by atoms with Gasteiger partial charge in [0.15, 0.2) is 5.82 Å². The molecule has 1 N–H and O–H groups in total. The quantitative estimate of drug-likeness (QED) is 0.809. The van der Waals surface area contributed by atoms with Gasteiger partial charge in [0.25, 0.3) is 0 Å². The first-order valence-corrected chi connectivity index (χ1v) is 5.78. The molecule has 0 unspecified atom stereocenters. The van der Waals surface area contributed by atoms with E-state index < -0.39 is 11.4 Å². The number of rotatable bonds is 4. The SMILES string of the molecule is CCCn1nnc(C2(C(=O)O)CCOCC2)n1. The molecule has 0 spiro atoms. The van der Waals surface area contributed by atoms with Gasteiger partial charge in [-0.15, -0.1) is 10.2 Å². The molecule has 1 aliphatic heterocycles. The fourth-order valence-electron chi connectivity index (χ4n) is 1.98. The van der Waals surface area contributed by atoms with E-state index in [0.29, 0.717) is 38.4 Å². The molecule has 0 aliphatic carbocycles. The third-order valence-corrected chi connectivity index (χ3v) is 3.06. The van der Waals surface area contributed by atoms with E-state index in [2.05, 4.69) is 15.4 Å². The van der Waals surface area contributed by atoms with E-state index >= 15 is 0 Å². The van der Waals surface area contributed by atoms with Crippen LogP contribution in [0.5, 0.6) is 0 Å². The van der Waals surface area contributed by atoms with Crippen molar-refractivity contribution >= 4 is 5.97 Å². The third kappa shape index (κ3) is 2.14. The van der Waals surface area contributed by atoms with Gasteiger partial charge >= 0.3 is 5.97 Å². The van der Waals surface area contributed by atoms with Gasteiger partial charge in [-0.1, -0.05) is 6.92 Å². The summed E-state index contributed by atoms with van der Waals surface area (Å²) in [4.78, 5) is 12.9. The van der Waals surface area contributed by atoms with Crippen LogP contribution in [0.15, 0.2) is 0 Å². The highest BCUT2D eigenvalue weighted by Crippen LogP contribution is 2.32. The summed E-state index contributed by atoms with van der Waals surface area (Å²) in [5.41, 5.74) is -1.02. The zero-order chi connectivity index (χ0) is 12.3. The molecule has 0 aromatic carbocycles. The highest BCUT2D eigenvalue weighted by atomic mass is 16.5. The molecule has 0 bridgehead atoms. The first-order valence-electron chi connectivity index (χ1n) is 5.78. The standard InChI is InChI=1S/C10H16N4O3/c1-2-5-14-12-8(11-13-14)10(9(15)16)3-6-17-7-4-10/h2-7H2,1H3,(H,15,16). The summed E-state index contributed by atoms with van der Waals surface area (Å²) in [7, 11) is 0. The fourth-order valence-corrected chi connectivity index (χ4v) is 1.98. The van der Waals surface area contributed by atoms with Crippen LogP contribution in [0.2, 0.25) is 0 Å². The van der Waals surface area contributed by atoms with Crippen molar-refractivity contribution in [3.8, 4) is 0 Å². The number of tetrazole rings is 1. The second-order valence-electron chi connectivity index (χ2n) is 4.21. The molecular formula is C10H16N4O3. The number of nitrogens with zero attached hydrogens (tertiary/aromatic N) is 4. The number of hydrogen-bond donors (Lipinski definition) is 1. The summed E-state index contributed by atoms with van der Waals surface area (Å²) in [6, 6.07) is 0. The van der Waals surface area contributed by atoms with E-state index in [9.17, 15) is 9.90 Å². The minimum absolute atomic E-state index is 0.307. The highest BCUT2D eigenvalue weighted by Gasteiger charge is 2.45. The Bertz CT molecular complexity index is 398. The second kappa shape index (κ2) is 4.79. The van der Waals surface area contributed by atoms with E-state index in [1.165, 1.54) is 4.80 Å². The largest absolute Gasteiger partial charge is 0.480 e. The van der Waals surface area contributed by atoms with Crippen LogP contribution in [0, 0.1) is 0 Å². The second-order valence-corrected chi connectivity index (χ2v) is 4.21. The molecule has 1 aromatic rings. The summed E-state index contributed by atoms with van der Waals surface area (Å²) >= 11 is 0. The van der Waals surface area contributed by atoms with Crippen molar-refractivity contribution in [2.24, 2.45) is 0 Å². The predicted molar refractivity (Wildman–Crippen MR) is 57.5 cm³/mol. The van der Waals surface area contributed by atoms with Crippen LogP contribution in [0.1, 0.15) is 32.0 Å². The van der Waals surface area contributed by atoms with E-state index in [4.69, 9.17) is 4.74 Å². The first-order chi connectivity index (χ1) is 8.19. The molecule has 1 aromatic heterocycles. The fraction of sp³-hybridized carbons (Fsp3) is 0.800. The van der Waals surface area contributed by atoms with Crippen molar-refractivity contribution in [3.63, 3.8) is 0 Å². The Morgan fingerprint density at radius 3 is 2.82 bits per heavy atom. The van der Waals surface area contributed by atoms with Gasteiger partial charge in [0, 0.05) is 13.2 Å². The Morgan fingerprint density at radius 2 is 2.24 bits per heavy atom. The normalized spacial score (nSPS) is 19.1. The van der Waals surface area contributed by atoms with E-state index in [1.807, 2.05) is 6.92 Å². The number of ether oxygens (including phenoxy) is 1. The van der Waals surface area contributed by atoms with Crippen LogP contribution in [-0.2, 0) is 21.5 Å². The highest BCUT2D eigenvalue weighted by molar-refractivity contribution is 5.80. The summed E-state index contributed by atoms with van der Waals surface area (Å²) < 4.78 is 5.20. The van der Waals surface area contributed by atoms with Crippen molar-refractivity contribution in [3.05, 3.63) is 5.82 Å². The van der Waals surface area contributed by atoms with Gasteiger partial charge in [-0.25, -0.2) is 0 Å². The van der Waals surface area contributed by atoms with Gasteiger partial charge in [0.2, 0.25) is 0 Å². The number of carboxylic acids is 1. The van der Waals surface area contributed by atoms with Crippen LogP contribution < -0.4 is 0 Å². The van der Waals surface area contributed by atoms with Crippen molar-refractivity contribution < 1.29 is 14.6 Å². The minimum atomic E-state index is -1.02. The molecule has 1 saturated heterocycles. The van der Waals surface area contributed by atoms with Crippen molar-refractivity contribution in [1.29, 1.82) is 0 Å². The summed E-state index contributed by atoms with van der Waals surface area (Å²) in [6.07, 6.45) is 1.69. The first kappa shape index (κ1) is 12.0. The summed E-state index contributed by atoms with van der Waals surface area (Å²) in [5.74, 6) is -0.585. The van der Waals surface area contributed by atoms with Crippen molar-refractivity contribution in [2.45, 2.75) is 38.1 Å². The van der Waals surface area contributed by atoms with Crippen LogP contribution in [0.4, 0.5) is 0 Å². The lowest BCUT2D eigenvalue weighted by Crippen LogP contribution is -2.42. The van der Waals surface area contributed by atoms with Gasteiger partial charge in [-0.3, -0.25) is 4.79 Å². The summed E-state index contributed by atoms with van der Waals surface area (Å²) in [6.45, 7) is 3.51. The van der Waals surface area contributed by atoms with Crippen LogP contribution >= 0.6 is 0 Å². The Kier molecular flexibility index (Phi) is 3.37. The molecule has 1 fully saturated rings. The average molecular weight is 240 g/mol. The zero-order valence-electron chi connectivity index (χ0n) is 9.80. The van der Waals surface area contributed by atoms with Crippen molar-refractivity contribution in [2.75, 3.05) is 13.2 Å².